The van der Waals surface area contributed by atoms with Crippen LogP contribution in [-0.2, 0) is 11.2 Å². The minimum absolute atomic E-state index is 0.238. The van der Waals surface area contributed by atoms with Gasteiger partial charge in [-0.3, -0.25) is 4.79 Å². The first-order valence-electron chi connectivity index (χ1n) is 9.56. The summed E-state index contributed by atoms with van der Waals surface area (Å²) in [7, 11) is 0. The summed E-state index contributed by atoms with van der Waals surface area (Å²) in [6, 6.07) is 24.7. The first-order valence-corrected chi connectivity index (χ1v) is 9.56. The van der Waals surface area contributed by atoms with Gasteiger partial charge in [-0.15, -0.1) is 0 Å². The van der Waals surface area contributed by atoms with Gasteiger partial charge in [0.1, 0.15) is 0 Å². The van der Waals surface area contributed by atoms with Gasteiger partial charge in [-0.2, -0.15) is 0 Å². The third-order valence-electron chi connectivity index (χ3n) is 4.92. The Morgan fingerprint density at radius 3 is 2.04 bits per heavy atom. The fraction of sp³-hybridized carbons (Fsp3) is 0.167. The van der Waals surface area contributed by atoms with Crippen LogP contribution in [-0.4, -0.2) is 16.1 Å². The standard InChI is InChI=1S/C24H22N2O2/c27-23(28)12-6-1-7-17-13-15-18(16-14-17)25-24-19-8-2-4-10-21(19)26-22-11-5-3-9-20(22)24/h2-5,8-11,13-16H,1,6-7,12H2,(H,25,26)(H,27,28). The zero-order valence-electron chi connectivity index (χ0n) is 15.6. The molecular formula is C24H22N2O2. The number of carboxylic acid groups (broad SMARTS) is 1. The summed E-state index contributed by atoms with van der Waals surface area (Å²) >= 11 is 0. The number of pyridine rings is 1. The zero-order chi connectivity index (χ0) is 19.3. The Balaban J connectivity index is 1.58. The van der Waals surface area contributed by atoms with Crippen LogP contribution in [0.3, 0.4) is 0 Å². The molecule has 0 saturated carbocycles. The van der Waals surface area contributed by atoms with Crippen LogP contribution in [0.25, 0.3) is 21.8 Å². The fourth-order valence-corrected chi connectivity index (χ4v) is 3.48. The van der Waals surface area contributed by atoms with E-state index in [2.05, 4.69) is 41.7 Å². The predicted octanol–water partition coefficient (Wildman–Crippen LogP) is 5.93. The second kappa shape index (κ2) is 8.09. The Morgan fingerprint density at radius 2 is 1.43 bits per heavy atom. The molecule has 28 heavy (non-hydrogen) atoms. The van der Waals surface area contributed by atoms with Gasteiger partial charge in [-0.1, -0.05) is 48.5 Å². The van der Waals surface area contributed by atoms with E-state index in [9.17, 15) is 4.79 Å². The number of carboxylic acids is 1. The second-order valence-electron chi connectivity index (χ2n) is 6.94. The lowest BCUT2D eigenvalue weighted by Gasteiger charge is -2.13. The summed E-state index contributed by atoms with van der Waals surface area (Å²) in [5.74, 6) is -0.726. The maximum absolute atomic E-state index is 10.6. The number of anilines is 2. The van der Waals surface area contributed by atoms with E-state index in [-0.39, 0.29) is 6.42 Å². The van der Waals surface area contributed by atoms with Gasteiger partial charge in [0, 0.05) is 22.9 Å². The van der Waals surface area contributed by atoms with Crippen molar-refractivity contribution in [2.45, 2.75) is 25.7 Å². The Morgan fingerprint density at radius 1 is 0.821 bits per heavy atom. The molecule has 4 nitrogen and oxygen atoms in total. The number of rotatable bonds is 7. The molecule has 4 aromatic rings. The number of para-hydroxylation sites is 2. The van der Waals surface area contributed by atoms with Gasteiger partial charge >= 0.3 is 5.97 Å². The SMILES string of the molecule is O=C(O)CCCCc1ccc(Nc2c3ccccc3nc3ccccc23)cc1. The van der Waals surface area contributed by atoms with Crippen molar-refractivity contribution in [2.24, 2.45) is 0 Å². The van der Waals surface area contributed by atoms with Crippen LogP contribution in [0.2, 0.25) is 0 Å². The molecule has 0 radical (unpaired) electrons. The van der Waals surface area contributed by atoms with Gasteiger partial charge in [0.15, 0.2) is 0 Å². The highest BCUT2D eigenvalue weighted by Gasteiger charge is 2.09. The van der Waals surface area contributed by atoms with Gasteiger partial charge in [0.05, 0.1) is 16.7 Å². The number of nitrogens with one attached hydrogen (secondary N) is 1. The molecule has 0 amide bonds. The monoisotopic (exact) mass is 370 g/mol. The van der Waals surface area contributed by atoms with Crippen LogP contribution < -0.4 is 5.32 Å². The van der Waals surface area contributed by atoms with Gasteiger partial charge in [0.25, 0.3) is 0 Å². The van der Waals surface area contributed by atoms with E-state index in [0.717, 1.165) is 46.0 Å². The van der Waals surface area contributed by atoms with Crippen LogP contribution in [0.4, 0.5) is 11.4 Å². The van der Waals surface area contributed by atoms with Crippen molar-refractivity contribution < 1.29 is 9.90 Å². The van der Waals surface area contributed by atoms with Gasteiger partial charge in [-0.05, 0) is 49.1 Å². The lowest BCUT2D eigenvalue weighted by atomic mass is 10.1. The summed E-state index contributed by atoms with van der Waals surface area (Å²) in [6.45, 7) is 0. The van der Waals surface area contributed by atoms with E-state index in [0.29, 0.717) is 6.42 Å². The van der Waals surface area contributed by atoms with Crippen molar-refractivity contribution in [2.75, 3.05) is 5.32 Å². The van der Waals surface area contributed by atoms with Crippen molar-refractivity contribution in [3.05, 3.63) is 78.4 Å². The quantitative estimate of drug-likeness (QED) is 0.313. The number of aliphatic carboxylic acids is 1. The molecule has 0 spiro atoms. The molecule has 1 heterocycles. The molecule has 0 aliphatic rings. The zero-order valence-corrected chi connectivity index (χ0v) is 15.6. The maximum atomic E-state index is 10.6. The van der Waals surface area contributed by atoms with Crippen LogP contribution in [0.1, 0.15) is 24.8 Å². The van der Waals surface area contributed by atoms with Gasteiger partial charge in [-0.25, -0.2) is 4.98 Å². The molecule has 4 rings (SSSR count). The minimum atomic E-state index is -0.726. The Labute approximate surface area is 163 Å². The highest BCUT2D eigenvalue weighted by molar-refractivity contribution is 6.08. The lowest BCUT2D eigenvalue weighted by Crippen LogP contribution is -1.96. The van der Waals surface area contributed by atoms with Gasteiger partial charge < -0.3 is 10.4 Å². The predicted molar refractivity (Wildman–Crippen MR) is 114 cm³/mol. The largest absolute Gasteiger partial charge is 0.481 e. The average molecular weight is 370 g/mol. The Kier molecular flexibility index (Phi) is 5.20. The molecule has 1 aromatic heterocycles. The Hall–Kier alpha value is -3.40. The van der Waals surface area contributed by atoms with Crippen LogP contribution in [0.15, 0.2) is 72.8 Å². The summed E-state index contributed by atoms with van der Waals surface area (Å²) in [4.78, 5) is 15.4. The van der Waals surface area contributed by atoms with Crippen molar-refractivity contribution >= 4 is 39.1 Å². The maximum Gasteiger partial charge on any atom is 0.303 e. The van der Waals surface area contributed by atoms with Crippen LogP contribution >= 0.6 is 0 Å². The highest BCUT2D eigenvalue weighted by Crippen LogP contribution is 2.33. The smallest absolute Gasteiger partial charge is 0.303 e. The number of fused-ring (bicyclic) bond motifs is 2. The minimum Gasteiger partial charge on any atom is -0.481 e. The second-order valence-corrected chi connectivity index (χ2v) is 6.94. The number of carbonyl (C=O) groups is 1. The van der Waals surface area contributed by atoms with E-state index < -0.39 is 5.97 Å². The number of unbranched alkanes of at least 4 members (excludes halogenated alkanes) is 1. The van der Waals surface area contributed by atoms with Crippen LogP contribution in [0.5, 0.6) is 0 Å². The summed E-state index contributed by atoms with van der Waals surface area (Å²) in [5, 5.41) is 14.5. The topological polar surface area (TPSA) is 62.2 Å². The van der Waals surface area contributed by atoms with Crippen molar-refractivity contribution in [1.82, 2.24) is 4.98 Å². The van der Waals surface area contributed by atoms with E-state index in [1.54, 1.807) is 0 Å². The van der Waals surface area contributed by atoms with E-state index in [1.807, 2.05) is 36.4 Å². The highest BCUT2D eigenvalue weighted by atomic mass is 16.4. The molecule has 0 aliphatic carbocycles. The molecule has 0 aliphatic heterocycles. The molecule has 2 N–H and O–H groups in total. The molecule has 140 valence electrons. The fourth-order valence-electron chi connectivity index (χ4n) is 3.48. The Bertz CT molecular complexity index is 1070. The third kappa shape index (κ3) is 3.96. The average Bonchev–Trinajstić information content (AvgIpc) is 2.72. The lowest BCUT2D eigenvalue weighted by molar-refractivity contribution is -0.137. The van der Waals surface area contributed by atoms with E-state index >= 15 is 0 Å². The number of aryl methyl sites for hydroxylation is 1. The molecule has 4 heteroatoms. The molecule has 0 atom stereocenters. The van der Waals surface area contributed by atoms with Crippen molar-refractivity contribution in [1.29, 1.82) is 0 Å². The summed E-state index contributed by atoms with van der Waals surface area (Å²) in [6.07, 6.45) is 2.74. The van der Waals surface area contributed by atoms with Gasteiger partial charge in [0.2, 0.25) is 0 Å². The molecule has 0 bridgehead atoms. The number of hydrogen-bond acceptors (Lipinski definition) is 3. The number of hydrogen-bond donors (Lipinski definition) is 2. The number of benzene rings is 3. The molecule has 0 saturated heterocycles. The third-order valence-corrected chi connectivity index (χ3v) is 4.92. The van der Waals surface area contributed by atoms with E-state index in [4.69, 9.17) is 10.1 Å². The normalized spacial score (nSPS) is 11.0. The number of aromatic nitrogens is 1. The van der Waals surface area contributed by atoms with E-state index in [1.165, 1.54) is 5.56 Å². The number of nitrogens with zero attached hydrogens (tertiary/aromatic N) is 1. The summed E-state index contributed by atoms with van der Waals surface area (Å²) in [5.41, 5.74) is 5.25. The molecule has 0 unspecified atom stereocenters. The molecule has 3 aromatic carbocycles. The first-order chi connectivity index (χ1) is 13.7. The summed E-state index contributed by atoms with van der Waals surface area (Å²) < 4.78 is 0. The molecular weight excluding hydrogens is 348 g/mol. The van der Waals surface area contributed by atoms with Crippen molar-refractivity contribution in [3.63, 3.8) is 0 Å². The molecule has 0 fully saturated rings. The van der Waals surface area contributed by atoms with Crippen LogP contribution in [0, 0.1) is 0 Å². The van der Waals surface area contributed by atoms with Crippen molar-refractivity contribution in [3.8, 4) is 0 Å². The first kappa shape index (κ1) is 18.0.